The topological polar surface area (TPSA) is 156 Å². The first kappa shape index (κ1) is 18.3. The van der Waals surface area contributed by atoms with E-state index in [-0.39, 0.29) is 30.7 Å². The molecule has 0 spiro atoms. The molecule has 1 aromatic carbocycles. The van der Waals surface area contributed by atoms with E-state index in [2.05, 4.69) is 25.0 Å². The van der Waals surface area contributed by atoms with Crippen LogP contribution in [0.4, 0.5) is 5.69 Å². The highest BCUT2D eigenvalue weighted by Crippen LogP contribution is 2.23. The van der Waals surface area contributed by atoms with Crippen LogP contribution in [0.1, 0.15) is 21.7 Å². The first-order valence-corrected chi connectivity index (χ1v) is 8.24. The number of benzene rings is 1. The van der Waals surface area contributed by atoms with E-state index in [0.717, 1.165) is 5.82 Å². The number of imidazole rings is 1. The molecule has 1 N–H and O–H groups in total. The highest BCUT2D eigenvalue weighted by molar-refractivity contribution is 5.95. The van der Waals surface area contributed by atoms with Crippen molar-refractivity contribution in [1.29, 1.82) is 0 Å². The summed E-state index contributed by atoms with van der Waals surface area (Å²) in [6, 6.07) is 4.67. The normalized spacial score (nSPS) is 15.9. The van der Waals surface area contributed by atoms with E-state index in [9.17, 15) is 9.90 Å². The van der Waals surface area contributed by atoms with Crippen molar-refractivity contribution in [3.05, 3.63) is 68.4 Å². The van der Waals surface area contributed by atoms with Gasteiger partial charge < -0.3 is 14.6 Å². The van der Waals surface area contributed by atoms with Gasteiger partial charge in [0.15, 0.2) is 0 Å². The number of rotatable bonds is 5. The van der Waals surface area contributed by atoms with E-state index >= 15 is 0 Å². The molecular formula is C16H17N9O2. The lowest BCUT2D eigenvalue weighted by atomic mass is 10.1. The van der Waals surface area contributed by atoms with Gasteiger partial charge in [-0.15, -0.1) is 0 Å². The number of azide groups is 2. The van der Waals surface area contributed by atoms with Crippen LogP contribution < -0.4 is 0 Å². The molecule has 0 saturated carbocycles. The zero-order valence-electron chi connectivity index (χ0n) is 14.4. The quantitative estimate of drug-likeness (QED) is 0.490. The van der Waals surface area contributed by atoms with Gasteiger partial charge >= 0.3 is 0 Å². The van der Waals surface area contributed by atoms with Crippen molar-refractivity contribution in [1.82, 2.24) is 14.5 Å². The van der Waals surface area contributed by atoms with Gasteiger partial charge in [0.05, 0.1) is 13.1 Å². The molecule has 1 atom stereocenters. The monoisotopic (exact) mass is 367 g/mol. The van der Waals surface area contributed by atoms with Crippen molar-refractivity contribution in [2.24, 2.45) is 16.1 Å². The van der Waals surface area contributed by atoms with Gasteiger partial charge in [0.2, 0.25) is 0 Å². The Morgan fingerprint density at radius 2 is 2.15 bits per heavy atom. The van der Waals surface area contributed by atoms with Crippen LogP contribution in [0.2, 0.25) is 0 Å². The molecule has 11 nitrogen and oxygen atoms in total. The van der Waals surface area contributed by atoms with E-state index in [1.807, 2.05) is 10.8 Å². The summed E-state index contributed by atoms with van der Waals surface area (Å²) in [4.78, 5) is 24.5. The average Bonchev–Trinajstić information content (AvgIpc) is 3.03. The van der Waals surface area contributed by atoms with Gasteiger partial charge in [-0.1, -0.05) is 10.2 Å². The molecule has 11 heteroatoms. The highest BCUT2D eigenvalue weighted by atomic mass is 16.3. The van der Waals surface area contributed by atoms with Crippen LogP contribution >= 0.6 is 0 Å². The van der Waals surface area contributed by atoms with Gasteiger partial charge in [-0.3, -0.25) is 4.79 Å². The Morgan fingerprint density at radius 3 is 2.89 bits per heavy atom. The summed E-state index contributed by atoms with van der Waals surface area (Å²) in [5, 5.41) is 16.7. The van der Waals surface area contributed by atoms with Crippen molar-refractivity contribution in [3.63, 3.8) is 0 Å². The van der Waals surface area contributed by atoms with Crippen molar-refractivity contribution < 1.29 is 9.90 Å². The number of carbonyl (C=O) groups is 1. The third-order valence-electron chi connectivity index (χ3n) is 4.31. The Hall–Kier alpha value is -3.52. The number of hydrogen-bond acceptors (Lipinski definition) is 5. The Kier molecular flexibility index (Phi) is 5.58. The summed E-state index contributed by atoms with van der Waals surface area (Å²) in [5.74, 6) is 0.342. The van der Waals surface area contributed by atoms with Crippen LogP contribution in [0.15, 0.2) is 40.8 Å². The van der Waals surface area contributed by atoms with Crippen LogP contribution in [0.5, 0.6) is 0 Å². The standard InChI is InChI=1S/C16H17N9O2/c17-22-20-6-11-3-13(5-14(4-11)21-23-18)16(27)25-8-12(10-26)7-24-2-1-19-15(24)9-25/h1-5,12,26H,6-10H2. The number of hydrogen-bond donors (Lipinski definition) is 1. The summed E-state index contributed by atoms with van der Waals surface area (Å²) in [5.41, 5.74) is 18.4. The van der Waals surface area contributed by atoms with Gasteiger partial charge in [-0.25, -0.2) is 4.98 Å². The highest BCUT2D eigenvalue weighted by Gasteiger charge is 2.26. The average molecular weight is 367 g/mol. The molecule has 2 aromatic rings. The molecule has 0 fully saturated rings. The zero-order valence-corrected chi connectivity index (χ0v) is 14.4. The SMILES string of the molecule is [N-]=[N+]=NCc1cc(N=[N+]=[N-])cc(C(=O)N2Cc3nccn3CC(CO)C2)c1. The largest absolute Gasteiger partial charge is 0.396 e. The molecule has 0 saturated heterocycles. The molecule has 27 heavy (non-hydrogen) atoms. The fourth-order valence-electron chi connectivity index (χ4n) is 3.10. The predicted molar refractivity (Wildman–Crippen MR) is 95.6 cm³/mol. The van der Waals surface area contributed by atoms with Crippen LogP contribution in [-0.2, 0) is 19.6 Å². The van der Waals surface area contributed by atoms with Crippen molar-refractivity contribution in [2.75, 3.05) is 13.2 Å². The molecule has 0 bridgehead atoms. The van der Waals surface area contributed by atoms with Crippen molar-refractivity contribution in [2.45, 2.75) is 19.6 Å². The van der Waals surface area contributed by atoms with E-state index in [1.54, 1.807) is 23.2 Å². The third-order valence-corrected chi connectivity index (χ3v) is 4.31. The van der Waals surface area contributed by atoms with E-state index in [1.165, 1.54) is 6.07 Å². The second kappa shape index (κ2) is 8.24. The Bertz CT molecular complexity index is 941. The summed E-state index contributed by atoms with van der Waals surface area (Å²) >= 11 is 0. The lowest BCUT2D eigenvalue weighted by molar-refractivity contribution is 0.0693. The number of nitrogens with zero attached hydrogens (tertiary/aromatic N) is 9. The number of carbonyl (C=O) groups excluding carboxylic acids is 1. The maximum absolute atomic E-state index is 13.1. The van der Waals surface area contributed by atoms with Crippen LogP contribution in [-0.4, -0.2) is 38.6 Å². The molecule has 1 aromatic heterocycles. The number of aromatic nitrogens is 2. The van der Waals surface area contributed by atoms with E-state index < -0.39 is 0 Å². The van der Waals surface area contributed by atoms with Crippen LogP contribution in [0.25, 0.3) is 20.9 Å². The van der Waals surface area contributed by atoms with Gasteiger partial charge in [-0.2, -0.15) is 0 Å². The fourth-order valence-corrected chi connectivity index (χ4v) is 3.10. The van der Waals surface area contributed by atoms with Gasteiger partial charge in [0.1, 0.15) is 5.82 Å². The molecule has 1 aliphatic heterocycles. The number of fused-ring (bicyclic) bond motifs is 1. The Labute approximate surface area is 154 Å². The minimum Gasteiger partial charge on any atom is -0.396 e. The summed E-state index contributed by atoms with van der Waals surface area (Å²) < 4.78 is 1.93. The maximum Gasteiger partial charge on any atom is 0.254 e. The third kappa shape index (κ3) is 4.18. The summed E-state index contributed by atoms with van der Waals surface area (Å²) in [6.07, 6.45) is 3.49. The van der Waals surface area contributed by atoms with Crippen LogP contribution in [0.3, 0.4) is 0 Å². The maximum atomic E-state index is 13.1. The van der Waals surface area contributed by atoms with Gasteiger partial charge in [0.25, 0.3) is 5.91 Å². The number of amides is 1. The summed E-state index contributed by atoms with van der Waals surface area (Å²) in [7, 11) is 0. The molecule has 1 unspecified atom stereocenters. The minimum absolute atomic E-state index is 0.0369. The van der Waals surface area contributed by atoms with E-state index in [0.29, 0.717) is 30.8 Å². The Morgan fingerprint density at radius 1 is 1.30 bits per heavy atom. The summed E-state index contributed by atoms with van der Waals surface area (Å²) in [6.45, 7) is 1.24. The van der Waals surface area contributed by atoms with Crippen molar-refractivity contribution in [3.8, 4) is 0 Å². The second-order valence-electron chi connectivity index (χ2n) is 6.20. The smallest absolute Gasteiger partial charge is 0.254 e. The molecule has 1 aliphatic rings. The predicted octanol–water partition coefficient (Wildman–Crippen LogP) is 2.90. The molecular weight excluding hydrogens is 350 g/mol. The number of aliphatic hydroxyl groups is 1. The second-order valence-corrected chi connectivity index (χ2v) is 6.20. The fraction of sp³-hybridized carbons (Fsp3) is 0.375. The molecule has 0 aliphatic carbocycles. The van der Waals surface area contributed by atoms with Crippen molar-refractivity contribution >= 4 is 11.6 Å². The lowest BCUT2D eigenvalue weighted by Crippen LogP contribution is -2.35. The first-order valence-electron chi connectivity index (χ1n) is 8.24. The number of aliphatic hydroxyl groups excluding tert-OH is 1. The molecule has 0 radical (unpaired) electrons. The Balaban J connectivity index is 1.94. The molecule has 3 rings (SSSR count). The molecule has 2 heterocycles. The molecule has 138 valence electrons. The minimum atomic E-state index is -0.276. The lowest BCUT2D eigenvalue weighted by Gasteiger charge is -2.23. The zero-order chi connectivity index (χ0) is 19.2. The molecule has 1 amide bonds. The van der Waals surface area contributed by atoms with Gasteiger partial charge in [-0.05, 0) is 34.8 Å². The van der Waals surface area contributed by atoms with E-state index in [4.69, 9.17) is 11.1 Å². The van der Waals surface area contributed by atoms with Gasteiger partial charge in [0, 0.05) is 59.1 Å². The van der Waals surface area contributed by atoms with Crippen LogP contribution in [0, 0.1) is 5.92 Å². The first-order chi connectivity index (χ1) is 13.1.